The summed E-state index contributed by atoms with van der Waals surface area (Å²) in [6.07, 6.45) is 0. The van der Waals surface area contributed by atoms with Gasteiger partial charge < -0.3 is 4.74 Å². The van der Waals surface area contributed by atoms with E-state index in [9.17, 15) is 0 Å². The predicted octanol–water partition coefficient (Wildman–Crippen LogP) is 2.14. The average Bonchev–Trinajstić information content (AvgIpc) is 2.59. The van der Waals surface area contributed by atoms with Gasteiger partial charge in [0.05, 0.1) is 24.4 Å². The van der Waals surface area contributed by atoms with Crippen LogP contribution in [0.1, 0.15) is 10.6 Å². The zero-order valence-electron chi connectivity index (χ0n) is 9.20. The van der Waals surface area contributed by atoms with Crippen molar-refractivity contribution in [2.24, 2.45) is 0 Å². The summed E-state index contributed by atoms with van der Waals surface area (Å²) in [5, 5.41) is 0. The first kappa shape index (κ1) is 12.9. The molecule has 5 heteroatoms. The molecule has 0 saturated heterocycles. The molecule has 0 aromatic carbocycles. The van der Waals surface area contributed by atoms with Crippen molar-refractivity contribution in [1.82, 2.24) is 9.88 Å². The lowest BCUT2D eigenvalue weighted by Crippen LogP contribution is -2.23. The van der Waals surface area contributed by atoms with Gasteiger partial charge >= 0.3 is 0 Å². The molecule has 0 atom stereocenters. The van der Waals surface area contributed by atoms with Crippen molar-refractivity contribution in [2.45, 2.75) is 13.5 Å². The maximum absolute atomic E-state index is 5.51. The van der Waals surface area contributed by atoms with E-state index in [-0.39, 0.29) is 0 Å². The molecule has 0 fully saturated rings. The topological polar surface area (TPSA) is 25.4 Å². The Balaban J connectivity index is 2.18. The lowest BCUT2D eigenvalue weighted by Gasteiger charge is -2.15. The van der Waals surface area contributed by atoms with Gasteiger partial charge in [-0.1, -0.05) is 0 Å². The highest BCUT2D eigenvalue weighted by molar-refractivity contribution is 7.09. The number of nitrogens with zero attached hydrogens (tertiary/aromatic N) is 2. The maximum Gasteiger partial charge on any atom is 0.0798 e. The molecule has 15 heavy (non-hydrogen) atoms. The average molecular weight is 249 g/mol. The first-order valence-corrected chi connectivity index (χ1v) is 6.36. The van der Waals surface area contributed by atoms with Gasteiger partial charge in [-0.25, -0.2) is 4.98 Å². The van der Waals surface area contributed by atoms with Gasteiger partial charge in [-0.15, -0.1) is 22.9 Å². The third-order valence-corrected chi connectivity index (χ3v) is 3.17. The Morgan fingerprint density at radius 1 is 1.53 bits per heavy atom. The number of halogens is 1. The van der Waals surface area contributed by atoms with Crippen LogP contribution in [0.15, 0.2) is 5.51 Å². The Bertz CT molecular complexity index is 280. The Morgan fingerprint density at radius 3 is 2.93 bits per heavy atom. The second-order valence-corrected chi connectivity index (χ2v) is 4.72. The molecule has 0 unspecified atom stereocenters. The fourth-order valence-electron chi connectivity index (χ4n) is 1.18. The van der Waals surface area contributed by atoms with Crippen molar-refractivity contribution in [1.29, 1.82) is 0 Å². The van der Waals surface area contributed by atoms with Crippen LogP contribution in [-0.4, -0.2) is 42.6 Å². The third-order valence-electron chi connectivity index (χ3n) is 2.10. The summed E-state index contributed by atoms with van der Waals surface area (Å²) < 4.78 is 5.32. The molecule has 0 aliphatic heterocycles. The first-order chi connectivity index (χ1) is 7.24. The molecule has 1 rings (SSSR count). The quantitative estimate of drug-likeness (QED) is 0.546. The van der Waals surface area contributed by atoms with Gasteiger partial charge in [-0.3, -0.25) is 4.90 Å². The minimum absolute atomic E-state index is 0.567. The number of hydrogen-bond donors (Lipinski definition) is 0. The van der Waals surface area contributed by atoms with Crippen LogP contribution in [0.3, 0.4) is 0 Å². The van der Waals surface area contributed by atoms with Gasteiger partial charge in [-0.05, 0) is 14.0 Å². The normalized spacial score (nSPS) is 11.2. The number of thiazole rings is 1. The molecule has 0 bridgehead atoms. The van der Waals surface area contributed by atoms with Crippen LogP contribution in [0, 0.1) is 6.92 Å². The van der Waals surface area contributed by atoms with Gasteiger partial charge in [0.25, 0.3) is 0 Å². The molecular formula is C10H17ClN2OS. The zero-order chi connectivity index (χ0) is 11.1. The van der Waals surface area contributed by atoms with Crippen molar-refractivity contribution in [3.63, 3.8) is 0 Å². The number of aromatic nitrogens is 1. The van der Waals surface area contributed by atoms with Crippen molar-refractivity contribution in [3.05, 3.63) is 16.1 Å². The third kappa shape index (κ3) is 4.93. The fourth-order valence-corrected chi connectivity index (χ4v) is 2.14. The standard InChI is InChI=1S/C10H17ClN2OS/c1-9-10(15-8-12-9)7-13(2)4-6-14-5-3-11/h8H,3-7H2,1-2H3. The van der Waals surface area contributed by atoms with E-state index >= 15 is 0 Å². The van der Waals surface area contributed by atoms with Crippen LogP contribution in [-0.2, 0) is 11.3 Å². The van der Waals surface area contributed by atoms with E-state index in [1.165, 1.54) is 4.88 Å². The number of rotatable bonds is 7. The Kier molecular flexibility index (Phi) is 6.17. The molecule has 1 aromatic heterocycles. The highest BCUT2D eigenvalue weighted by Crippen LogP contribution is 2.13. The van der Waals surface area contributed by atoms with E-state index in [4.69, 9.17) is 16.3 Å². The Morgan fingerprint density at radius 2 is 2.33 bits per heavy atom. The van der Waals surface area contributed by atoms with Crippen LogP contribution in [0.4, 0.5) is 0 Å². The second-order valence-electron chi connectivity index (χ2n) is 3.40. The Hall–Kier alpha value is -0.160. The molecule has 0 radical (unpaired) electrons. The lowest BCUT2D eigenvalue weighted by atomic mass is 10.4. The fraction of sp³-hybridized carbons (Fsp3) is 0.700. The van der Waals surface area contributed by atoms with E-state index in [0.29, 0.717) is 12.5 Å². The van der Waals surface area contributed by atoms with Gasteiger partial charge in [-0.2, -0.15) is 0 Å². The summed E-state index contributed by atoms with van der Waals surface area (Å²) in [5.41, 5.74) is 3.02. The summed E-state index contributed by atoms with van der Waals surface area (Å²) in [7, 11) is 2.09. The van der Waals surface area contributed by atoms with Gasteiger partial charge in [0.15, 0.2) is 0 Å². The van der Waals surface area contributed by atoms with Crippen LogP contribution in [0.2, 0.25) is 0 Å². The smallest absolute Gasteiger partial charge is 0.0798 e. The van der Waals surface area contributed by atoms with Gasteiger partial charge in [0, 0.05) is 23.8 Å². The molecule has 86 valence electrons. The molecular weight excluding hydrogens is 232 g/mol. The van der Waals surface area contributed by atoms with Crippen molar-refractivity contribution < 1.29 is 4.74 Å². The van der Waals surface area contributed by atoms with Gasteiger partial charge in [0.1, 0.15) is 0 Å². The molecule has 0 aliphatic carbocycles. The molecule has 0 amide bonds. The second kappa shape index (κ2) is 7.17. The van der Waals surface area contributed by atoms with Crippen molar-refractivity contribution in [2.75, 3.05) is 32.7 Å². The molecule has 0 saturated carbocycles. The van der Waals surface area contributed by atoms with Gasteiger partial charge in [0.2, 0.25) is 0 Å². The SMILES string of the molecule is Cc1ncsc1CN(C)CCOCCCl. The largest absolute Gasteiger partial charge is 0.379 e. The highest BCUT2D eigenvalue weighted by Gasteiger charge is 2.05. The number of ether oxygens (including phenoxy) is 1. The van der Waals surface area contributed by atoms with E-state index in [1.54, 1.807) is 11.3 Å². The van der Waals surface area contributed by atoms with E-state index in [0.717, 1.165) is 25.4 Å². The summed E-state index contributed by atoms with van der Waals surface area (Å²) in [5.74, 6) is 0.567. The molecule has 3 nitrogen and oxygen atoms in total. The minimum atomic E-state index is 0.567. The molecule has 1 aromatic rings. The molecule has 0 N–H and O–H groups in total. The van der Waals surface area contributed by atoms with Crippen LogP contribution < -0.4 is 0 Å². The van der Waals surface area contributed by atoms with E-state index < -0.39 is 0 Å². The van der Waals surface area contributed by atoms with Crippen molar-refractivity contribution >= 4 is 22.9 Å². The van der Waals surface area contributed by atoms with Crippen molar-refractivity contribution in [3.8, 4) is 0 Å². The summed E-state index contributed by atoms with van der Waals surface area (Å²) in [6.45, 7) is 5.29. The van der Waals surface area contributed by atoms with Crippen LogP contribution in [0.5, 0.6) is 0 Å². The predicted molar refractivity (Wildman–Crippen MR) is 64.7 cm³/mol. The number of likely N-dealkylation sites (N-methyl/N-ethyl adjacent to an activating group) is 1. The molecule has 0 aliphatic rings. The monoisotopic (exact) mass is 248 g/mol. The number of aryl methyl sites for hydroxylation is 1. The summed E-state index contributed by atoms with van der Waals surface area (Å²) >= 11 is 7.21. The van der Waals surface area contributed by atoms with Crippen LogP contribution in [0.25, 0.3) is 0 Å². The maximum atomic E-state index is 5.51. The summed E-state index contributed by atoms with van der Waals surface area (Å²) in [4.78, 5) is 7.78. The zero-order valence-corrected chi connectivity index (χ0v) is 10.8. The lowest BCUT2D eigenvalue weighted by molar-refractivity contribution is 0.122. The van der Waals surface area contributed by atoms with E-state index in [1.807, 2.05) is 12.4 Å². The Labute approximate surface area is 100 Å². The minimum Gasteiger partial charge on any atom is -0.379 e. The number of alkyl halides is 1. The number of hydrogen-bond acceptors (Lipinski definition) is 4. The van der Waals surface area contributed by atoms with Crippen LogP contribution >= 0.6 is 22.9 Å². The van der Waals surface area contributed by atoms with E-state index in [2.05, 4.69) is 16.9 Å². The summed E-state index contributed by atoms with van der Waals surface area (Å²) in [6, 6.07) is 0. The molecule has 1 heterocycles. The highest BCUT2D eigenvalue weighted by atomic mass is 35.5. The first-order valence-electron chi connectivity index (χ1n) is 4.95. The molecule has 0 spiro atoms.